The molecule has 0 amide bonds. The normalized spacial score (nSPS) is 16.8. The molecule has 0 spiro atoms. The van der Waals surface area contributed by atoms with Gasteiger partial charge in [0.05, 0.1) is 5.69 Å². The van der Waals surface area contributed by atoms with E-state index in [0.717, 1.165) is 11.5 Å². The summed E-state index contributed by atoms with van der Waals surface area (Å²) in [5.41, 5.74) is 0.916. The molecule has 3 rings (SSSR count). The number of rotatable bonds is 4. The Kier molecular flexibility index (Phi) is 4.52. The number of hydrogen-bond donors (Lipinski definition) is 0. The topological polar surface area (TPSA) is 87.5 Å². The molecular weight excluding hydrogens is 330 g/mol. The summed E-state index contributed by atoms with van der Waals surface area (Å²) in [4.78, 5) is 2.03. The third-order valence-corrected chi connectivity index (χ3v) is 5.88. The number of anilines is 1. The fourth-order valence-electron chi connectivity index (χ4n) is 2.53. The van der Waals surface area contributed by atoms with E-state index in [0.29, 0.717) is 32.0 Å². The van der Waals surface area contributed by atoms with Crippen molar-refractivity contribution >= 4 is 16.0 Å². The molecule has 1 saturated heterocycles. The zero-order chi connectivity index (χ0) is 17.3. The van der Waals surface area contributed by atoms with Gasteiger partial charge >= 0.3 is 0 Å². The van der Waals surface area contributed by atoms with E-state index in [2.05, 4.69) is 15.3 Å². The number of piperazine rings is 1. The summed E-state index contributed by atoms with van der Waals surface area (Å²) < 4.78 is 28.7. The molecule has 2 aromatic heterocycles. The molecule has 9 nitrogen and oxygen atoms in total. The van der Waals surface area contributed by atoms with E-state index < -0.39 is 10.2 Å². The van der Waals surface area contributed by atoms with Gasteiger partial charge in [-0.15, -0.1) is 10.2 Å². The van der Waals surface area contributed by atoms with E-state index in [-0.39, 0.29) is 0 Å². The number of nitrogens with zero attached hydrogens (tertiary/aromatic N) is 7. The second-order valence-corrected chi connectivity index (χ2v) is 7.97. The van der Waals surface area contributed by atoms with Crippen molar-refractivity contribution in [3.63, 3.8) is 0 Å². The quantitative estimate of drug-likeness (QED) is 0.764. The molecule has 0 saturated carbocycles. The lowest BCUT2D eigenvalue weighted by Gasteiger charge is -2.35. The van der Waals surface area contributed by atoms with Gasteiger partial charge in [0.15, 0.2) is 11.6 Å². The predicted molar refractivity (Wildman–Crippen MR) is 90.3 cm³/mol. The van der Waals surface area contributed by atoms with Crippen LogP contribution >= 0.6 is 0 Å². The molecule has 1 aliphatic rings. The summed E-state index contributed by atoms with van der Waals surface area (Å²) in [6.45, 7) is 3.95. The standard InChI is InChI=1S/C14H21N7O2S/c1-12-6-7-21(17-12)14-5-4-13(15-16-14)19-8-10-20(11-9-19)24(22,23)18(2)3/h4-7H,8-11H2,1-3H3. The molecular formula is C14H21N7O2S. The molecule has 1 fully saturated rings. The molecule has 0 atom stereocenters. The Balaban J connectivity index is 1.67. The maximum Gasteiger partial charge on any atom is 0.281 e. The van der Waals surface area contributed by atoms with E-state index in [4.69, 9.17) is 0 Å². The molecule has 24 heavy (non-hydrogen) atoms. The Hall–Kier alpha value is -2.04. The second kappa shape index (κ2) is 6.46. The van der Waals surface area contributed by atoms with E-state index in [1.807, 2.05) is 36.2 Å². The SMILES string of the molecule is Cc1ccn(-c2ccc(N3CCN(S(=O)(=O)N(C)C)CC3)nn2)n1. The van der Waals surface area contributed by atoms with Gasteiger partial charge in [0.1, 0.15) is 0 Å². The lowest BCUT2D eigenvalue weighted by Crippen LogP contribution is -2.51. The van der Waals surface area contributed by atoms with E-state index >= 15 is 0 Å². The number of aryl methyl sites for hydroxylation is 1. The lowest BCUT2D eigenvalue weighted by atomic mass is 10.3. The highest BCUT2D eigenvalue weighted by Crippen LogP contribution is 2.16. The molecule has 0 aromatic carbocycles. The minimum atomic E-state index is -3.35. The fraction of sp³-hybridized carbons (Fsp3) is 0.500. The smallest absolute Gasteiger partial charge is 0.281 e. The van der Waals surface area contributed by atoms with Crippen LogP contribution in [0.15, 0.2) is 24.4 Å². The Morgan fingerprint density at radius 3 is 2.12 bits per heavy atom. The third-order valence-electron chi connectivity index (χ3n) is 3.94. The first-order valence-electron chi connectivity index (χ1n) is 7.67. The van der Waals surface area contributed by atoms with Crippen LogP contribution in [0.3, 0.4) is 0 Å². The van der Waals surface area contributed by atoms with Crippen molar-refractivity contribution in [3.05, 3.63) is 30.1 Å². The largest absolute Gasteiger partial charge is 0.352 e. The van der Waals surface area contributed by atoms with Gasteiger partial charge in [-0.05, 0) is 25.1 Å². The van der Waals surface area contributed by atoms with Crippen LogP contribution in [-0.4, -0.2) is 77.3 Å². The van der Waals surface area contributed by atoms with Crippen molar-refractivity contribution in [2.45, 2.75) is 6.92 Å². The summed E-state index contributed by atoms with van der Waals surface area (Å²) in [5, 5.41) is 12.7. The Labute approximate surface area is 141 Å². The molecule has 0 radical (unpaired) electrons. The first kappa shape index (κ1) is 16.8. The van der Waals surface area contributed by atoms with Gasteiger partial charge in [-0.25, -0.2) is 4.68 Å². The summed E-state index contributed by atoms with van der Waals surface area (Å²) in [6, 6.07) is 5.65. The first-order valence-corrected chi connectivity index (χ1v) is 9.06. The average Bonchev–Trinajstić information content (AvgIpc) is 3.01. The molecule has 0 N–H and O–H groups in total. The minimum Gasteiger partial charge on any atom is -0.352 e. The summed E-state index contributed by atoms with van der Waals surface area (Å²) in [5.74, 6) is 1.39. The highest BCUT2D eigenvalue weighted by atomic mass is 32.2. The molecule has 10 heteroatoms. The van der Waals surface area contributed by atoms with Crippen molar-refractivity contribution in [1.29, 1.82) is 0 Å². The third kappa shape index (κ3) is 3.25. The first-order chi connectivity index (χ1) is 11.4. The van der Waals surface area contributed by atoms with E-state index in [1.165, 1.54) is 8.61 Å². The molecule has 1 aliphatic heterocycles. The predicted octanol–water partition coefficient (Wildman–Crippen LogP) is -0.101. The molecule has 0 aliphatic carbocycles. The van der Waals surface area contributed by atoms with Crippen LogP contribution in [0, 0.1) is 6.92 Å². The second-order valence-electron chi connectivity index (χ2n) is 5.83. The average molecular weight is 351 g/mol. The van der Waals surface area contributed by atoms with Gasteiger partial charge in [0.25, 0.3) is 10.2 Å². The lowest BCUT2D eigenvalue weighted by molar-refractivity contribution is 0.354. The zero-order valence-electron chi connectivity index (χ0n) is 14.0. The summed E-state index contributed by atoms with van der Waals surface area (Å²) in [6.07, 6.45) is 1.84. The van der Waals surface area contributed by atoms with Crippen molar-refractivity contribution in [2.75, 3.05) is 45.2 Å². The Morgan fingerprint density at radius 1 is 1.00 bits per heavy atom. The van der Waals surface area contributed by atoms with Gasteiger partial charge in [0.2, 0.25) is 0 Å². The molecule has 130 valence electrons. The van der Waals surface area contributed by atoms with Gasteiger partial charge in [-0.3, -0.25) is 0 Å². The summed E-state index contributed by atoms with van der Waals surface area (Å²) >= 11 is 0. The zero-order valence-corrected chi connectivity index (χ0v) is 14.8. The Morgan fingerprint density at radius 2 is 1.62 bits per heavy atom. The van der Waals surface area contributed by atoms with Crippen LogP contribution in [0.4, 0.5) is 5.82 Å². The van der Waals surface area contributed by atoms with Crippen LogP contribution in [0.5, 0.6) is 0 Å². The van der Waals surface area contributed by atoms with E-state index in [1.54, 1.807) is 18.8 Å². The van der Waals surface area contributed by atoms with Gasteiger partial charge in [-0.2, -0.15) is 22.1 Å². The minimum absolute atomic E-state index is 0.433. The van der Waals surface area contributed by atoms with E-state index in [9.17, 15) is 8.42 Å². The van der Waals surface area contributed by atoms with Crippen molar-refractivity contribution in [1.82, 2.24) is 28.6 Å². The maximum atomic E-state index is 12.1. The molecule has 0 unspecified atom stereocenters. The number of hydrogen-bond acceptors (Lipinski definition) is 6. The summed E-state index contributed by atoms with van der Waals surface area (Å²) in [7, 11) is -0.265. The molecule has 0 bridgehead atoms. The van der Waals surface area contributed by atoms with Crippen molar-refractivity contribution < 1.29 is 8.42 Å². The van der Waals surface area contributed by atoms with Crippen LogP contribution in [-0.2, 0) is 10.2 Å². The fourth-order valence-corrected chi connectivity index (χ4v) is 3.62. The van der Waals surface area contributed by atoms with Crippen LogP contribution in [0.1, 0.15) is 5.69 Å². The molecule has 3 heterocycles. The number of aromatic nitrogens is 4. The maximum absolute atomic E-state index is 12.1. The van der Waals surface area contributed by atoms with Crippen molar-refractivity contribution in [2.24, 2.45) is 0 Å². The van der Waals surface area contributed by atoms with Gasteiger partial charge in [-0.1, -0.05) is 0 Å². The Bertz CT molecular complexity index is 793. The van der Waals surface area contributed by atoms with Gasteiger partial charge < -0.3 is 4.90 Å². The monoisotopic (exact) mass is 351 g/mol. The highest BCUT2D eigenvalue weighted by molar-refractivity contribution is 7.86. The van der Waals surface area contributed by atoms with Crippen LogP contribution in [0.25, 0.3) is 5.82 Å². The molecule has 2 aromatic rings. The highest BCUT2D eigenvalue weighted by Gasteiger charge is 2.29. The van der Waals surface area contributed by atoms with Crippen molar-refractivity contribution in [3.8, 4) is 5.82 Å². The van der Waals surface area contributed by atoms with Gasteiger partial charge in [0, 0.05) is 46.5 Å². The van der Waals surface area contributed by atoms with Crippen LogP contribution < -0.4 is 4.90 Å². The van der Waals surface area contributed by atoms with Crippen LogP contribution in [0.2, 0.25) is 0 Å².